The first-order chi connectivity index (χ1) is 7.05. The molecule has 0 aromatic rings. The molecule has 2 aliphatic rings. The van der Waals surface area contributed by atoms with Gasteiger partial charge in [0.15, 0.2) is 5.41 Å². The van der Waals surface area contributed by atoms with Crippen LogP contribution in [0.3, 0.4) is 0 Å². The van der Waals surface area contributed by atoms with Crippen LogP contribution in [0, 0.1) is 11.3 Å². The number of amides is 1. The van der Waals surface area contributed by atoms with E-state index in [1.807, 2.05) is 0 Å². The highest BCUT2D eigenvalue weighted by Gasteiger charge is 2.63. The highest BCUT2D eigenvalue weighted by atomic mass is 16.5. The van der Waals surface area contributed by atoms with Gasteiger partial charge in [0, 0.05) is 19.5 Å². The number of hydrogen-bond acceptors (Lipinski definition) is 3. The maximum Gasteiger partial charge on any atom is 0.325 e. The van der Waals surface area contributed by atoms with E-state index < -0.39 is 11.4 Å². The number of likely N-dealkylation sites (tertiary alicyclic amines) is 1. The van der Waals surface area contributed by atoms with Crippen molar-refractivity contribution in [2.24, 2.45) is 11.3 Å². The molecule has 4 nitrogen and oxygen atoms in total. The van der Waals surface area contributed by atoms with Crippen molar-refractivity contribution in [1.29, 1.82) is 0 Å². The highest BCUT2D eigenvalue weighted by Crippen LogP contribution is 2.52. The Morgan fingerprint density at radius 1 is 1.67 bits per heavy atom. The van der Waals surface area contributed by atoms with Gasteiger partial charge in [0.05, 0.1) is 7.11 Å². The average Bonchev–Trinajstić information content (AvgIpc) is 2.66. The van der Waals surface area contributed by atoms with Gasteiger partial charge in [-0.15, -0.1) is 0 Å². The van der Waals surface area contributed by atoms with E-state index in [4.69, 9.17) is 4.74 Å². The van der Waals surface area contributed by atoms with Crippen LogP contribution in [0.2, 0.25) is 0 Å². The Labute approximate surface area is 88.9 Å². The second-order valence-corrected chi connectivity index (χ2v) is 4.32. The monoisotopic (exact) mass is 209 g/mol. The minimum Gasteiger partial charge on any atom is -0.468 e. The number of nitrogens with zero attached hydrogens (tertiary/aromatic N) is 1. The Kier molecular flexibility index (Phi) is 2.10. The normalized spacial score (nSPS) is 34.5. The van der Waals surface area contributed by atoms with Crippen LogP contribution < -0.4 is 0 Å². The molecule has 0 aromatic heterocycles. The van der Waals surface area contributed by atoms with Gasteiger partial charge in [0.1, 0.15) is 0 Å². The summed E-state index contributed by atoms with van der Waals surface area (Å²) in [7, 11) is 3.05. The zero-order chi connectivity index (χ0) is 11.2. The molecule has 1 saturated heterocycles. The summed E-state index contributed by atoms with van der Waals surface area (Å²) in [5, 5.41) is 0. The molecule has 2 fully saturated rings. The quantitative estimate of drug-likeness (QED) is 0.360. The third-order valence-electron chi connectivity index (χ3n) is 3.65. The lowest BCUT2D eigenvalue weighted by molar-refractivity contribution is -0.157. The molecule has 2 atom stereocenters. The van der Waals surface area contributed by atoms with Crippen LogP contribution in [-0.4, -0.2) is 37.5 Å². The molecule has 1 amide bonds. The standard InChI is InChI=1S/C11H15NO3/c1-7-4-5-8-6-12(2)9(13)11(7,8)10(14)15-3/h8H,1,4-6H2,2-3H3/t8-,11+/m1/s1. The number of hydrogen-bond donors (Lipinski definition) is 0. The van der Waals surface area contributed by atoms with Crippen molar-refractivity contribution in [2.75, 3.05) is 20.7 Å². The Morgan fingerprint density at radius 2 is 2.33 bits per heavy atom. The van der Waals surface area contributed by atoms with Gasteiger partial charge in [0.2, 0.25) is 5.91 Å². The Bertz CT molecular complexity index is 350. The fourth-order valence-electron chi connectivity index (χ4n) is 2.88. The highest BCUT2D eigenvalue weighted by molar-refractivity contribution is 6.08. The van der Waals surface area contributed by atoms with Crippen LogP contribution in [0.15, 0.2) is 12.2 Å². The van der Waals surface area contributed by atoms with Gasteiger partial charge in [-0.05, 0) is 12.8 Å². The Balaban J connectivity index is 2.50. The first-order valence-electron chi connectivity index (χ1n) is 5.07. The summed E-state index contributed by atoms with van der Waals surface area (Å²) < 4.78 is 4.78. The third-order valence-corrected chi connectivity index (χ3v) is 3.65. The van der Waals surface area contributed by atoms with Crippen LogP contribution in [0.4, 0.5) is 0 Å². The van der Waals surface area contributed by atoms with Crippen molar-refractivity contribution < 1.29 is 14.3 Å². The van der Waals surface area contributed by atoms with E-state index in [1.165, 1.54) is 7.11 Å². The molecule has 0 spiro atoms. The fourth-order valence-corrected chi connectivity index (χ4v) is 2.88. The minimum absolute atomic E-state index is 0.0509. The van der Waals surface area contributed by atoms with Gasteiger partial charge in [-0.25, -0.2) is 0 Å². The number of rotatable bonds is 1. The molecule has 15 heavy (non-hydrogen) atoms. The molecule has 0 N–H and O–H groups in total. The van der Waals surface area contributed by atoms with Crippen molar-refractivity contribution in [2.45, 2.75) is 12.8 Å². The number of fused-ring (bicyclic) bond motifs is 1. The molecular weight excluding hydrogens is 194 g/mol. The van der Waals surface area contributed by atoms with Gasteiger partial charge in [-0.2, -0.15) is 0 Å². The third kappa shape index (κ3) is 1.02. The maximum atomic E-state index is 12.1. The van der Waals surface area contributed by atoms with Crippen molar-refractivity contribution in [3.63, 3.8) is 0 Å². The molecule has 1 aliphatic carbocycles. The summed E-state index contributed by atoms with van der Waals surface area (Å²) in [6, 6.07) is 0. The molecule has 0 bridgehead atoms. The van der Waals surface area contributed by atoms with E-state index in [2.05, 4.69) is 6.58 Å². The molecule has 1 saturated carbocycles. The van der Waals surface area contributed by atoms with Crippen LogP contribution in [0.1, 0.15) is 12.8 Å². The average molecular weight is 209 g/mol. The van der Waals surface area contributed by atoms with Gasteiger partial charge >= 0.3 is 5.97 Å². The molecule has 82 valence electrons. The molecule has 0 unspecified atom stereocenters. The van der Waals surface area contributed by atoms with Crippen molar-refractivity contribution in [3.05, 3.63) is 12.2 Å². The number of carbonyl (C=O) groups excluding carboxylic acids is 2. The lowest BCUT2D eigenvalue weighted by atomic mass is 9.77. The van der Waals surface area contributed by atoms with E-state index in [0.717, 1.165) is 12.8 Å². The summed E-state index contributed by atoms with van der Waals surface area (Å²) in [4.78, 5) is 25.5. The van der Waals surface area contributed by atoms with Gasteiger partial charge < -0.3 is 9.64 Å². The summed E-state index contributed by atoms with van der Waals surface area (Å²) in [5.41, 5.74) is -0.350. The SMILES string of the molecule is C=C1CC[C@@H]2CN(C)C(=O)[C@]12C(=O)OC. The first kappa shape index (κ1) is 10.2. The first-order valence-corrected chi connectivity index (χ1v) is 5.07. The van der Waals surface area contributed by atoms with Crippen molar-refractivity contribution in [1.82, 2.24) is 4.90 Å². The molecule has 1 aliphatic heterocycles. The molecular formula is C11H15NO3. The van der Waals surface area contributed by atoms with Crippen LogP contribution in [-0.2, 0) is 14.3 Å². The van der Waals surface area contributed by atoms with E-state index in [1.54, 1.807) is 11.9 Å². The van der Waals surface area contributed by atoms with Gasteiger partial charge in [-0.3, -0.25) is 9.59 Å². The van der Waals surface area contributed by atoms with Crippen LogP contribution >= 0.6 is 0 Å². The Hall–Kier alpha value is -1.32. The number of carbonyl (C=O) groups is 2. The number of esters is 1. The Morgan fingerprint density at radius 3 is 2.93 bits per heavy atom. The summed E-state index contributed by atoms with van der Waals surface area (Å²) >= 11 is 0. The zero-order valence-electron chi connectivity index (χ0n) is 9.08. The summed E-state index contributed by atoms with van der Waals surface area (Å²) in [6.45, 7) is 4.51. The largest absolute Gasteiger partial charge is 0.468 e. The summed E-state index contributed by atoms with van der Waals surface area (Å²) in [5.74, 6) is -0.541. The minimum atomic E-state index is -1.07. The number of ether oxygens (including phenoxy) is 1. The fraction of sp³-hybridized carbons (Fsp3) is 0.636. The van der Waals surface area contributed by atoms with Crippen molar-refractivity contribution >= 4 is 11.9 Å². The molecule has 1 heterocycles. The van der Waals surface area contributed by atoms with Crippen LogP contribution in [0.5, 0.6) is 0 Å². The molecule has 0 aromatic carbocycles. The lowest BCUT2D eigenvalue weighted by Gasteiger charge is -2.24. The van der Waals surface area contributed by atoms with Crippen LogP contribution in [0.25, 0.3) is 0 Å². The maximum absolute atomic E-state index is 12.1. The van der Waals surface area contributed by atoms with Crippen molar-refractivity contribution in [3.8, 4) is 0 Å². The second kappa shape index (κ2) is 3.08. The van der Waals surface area contributed by atoms with E-state index in [0.29, 0.717) is 12.1 Å². The molecule has 0 radical (unpaired) electrons. The summed E-state index contributed by atoms with van der Waals surface area (Å²) in [6.07, 6.45) is 1.60. The predicted octanol–water partition coefficient (Wildman–Crippen LogP) is 0.584. The van der Waals surface area contributed by atoms with E-state index in [-0.39, 0.29) is 11.8 Å². The molecule has 4 heteroatoms. The van der Waals surface area contributed by atoms with Gasteiger partial charge in [-0.1, -0.05) is 12.2 Å². The predicted molar refractivity (Wildman–Crippen MR) is 54.0 cm³/mol. The van der Waals surface area contributed by atoms with Gasteiger partial charge in [0.25, 0.3) is 0 Å². The lowest BCUT2D eigenvalue weighted by Crippen LogP contribution is -2.42. The topological polar surface area (TPSA) is 46.6 Å². The van der Waals surface area contributed by atoms with E-state index in [9.17, 15) is 9.59 Å². The zero-order valence-corrected chi connectivity index (χ0v) is 9.08. The molecule has 2 rings (SSSR count). The smallest absolute Gasteiger partial charge is 0.325 e. The number of methoxy groups -OCH3 is 1. The van der Waals surface area contributed by atoms with E-state index >= 15 is 0 Å². The second-order valence-electron chi connectivity index (χ2n) is 4.32.